The molecule has 19 heavy (non-hydrogen) atoms. The van der Waals surface area contributed by atoms with Crippen LogP contribution in [0.5, 0.6) is 0 Å². The Balaban J connectivity index is 2.00. The summed E-state index contributed by atoms with van der Waals surface area (Å²) in [6, 6.07) is 9.96. The van der Waals surface area contributed by atoms with E-state index in [1.54, 1.807) is 0 Å². The summed E-state index contributed by atoms with van der Waals surface area (Å²) in [6.07, 6.45) is -0.515. The lowest BCUT2D eigenvalue weighted by Gasteiger charge is -2.26. The quantitative estimate of drug-likeness (QED) is 0.907. The van der Waals surface area contributed by atoms with Gasteiger partial charge < -0.3 is 9.84 Å². The third-order valence-electron chi connectivity index (χ3n) is 3.38. The van der Waals surface area contributed by atoms with Gasteiger partial charge in [0.25, 0.3) is 0 Å². The zero-order chi connectivity index (χ0) is 14.0. The van der Waals surface area contributed by atoms with Crippen molar-refractivity contribution >= 4 is 6.09 Å². The van der Waals surface area contributed by atoms with Gasteiger partial charge in [-0.15, -0.1) is 0 Å². The molecule has 2 unspecified atom stereocenters. The highest BCUT2D eigenvalue weighted by molar-refractivity contribution is 5.70. The molecule has 4 heteroatoms. The summed E-state index contributed by atoms with van der Waals surface area (Å²) in [7, 11) is 0. The molecule has 1 aliphatic heterocycles. The van der Waals surface area contributed by atoms with E-state index >= 15 is 0 Å². The number of nitrogens with zero attached hydrogens (tertiary/aromatic N) is 1. The number of hydrogen-bond acceptors (Lipinski definition) is 3. The van der Waals surface area contributed by atoms with Gasteiger partial charge in [-0.1, -0.05) is 37.3 Å². The first-order valence-electron chi connectivity index (χ1n) is 6.61. The number of cyclic esters (lactones) is 1. The lowest BCUT2D eigenvalue weighted by molar-refractivity contribution is -0.00247. The Labute approximate surface area is 114 Å². The lowest BCUT2D eigenvalue weighted by Crippen LogP contribution is -2.42. The van der Waals surface area contributed by atoms with Crippen molar-refractivity contribution in [2.45, 2.75) is 39.0 Å². The van der Waals surface area contributed by atoms with E-state index in [0.29, 0.717) is 6.54 Å². The van der Waals surface area contributed by atoms with Crippen LogP contribution in [0.2, 0.25) is 0 Å². The molecule has 1 saturated heterocycles. The van der Waals surface area contributed by atoms with Crippen LogP contribution in [-0.2, 0) is 11.2 Å². The molecule has 0 aromatic heterocycles. The standard InChI is InChI=1S/C15H21NO3/c1-11(9-12-7-5-4-6-8-12)13(17)16-10-15(2,3)19-14(16)18/h4-8,11,13,17H,9-10H2,1-3H3. The molecule has 1 N–H and O–H groups in total. The Kier molecular flexibility index (Phi) is 3.80. The van der Waals surface area contributed by atoms with Crippen LogP contribution in [0.3, 0.4) is 0 Å². The van der Waals surface area contributed by atoms with Crippen molar-refractivity contribution in [2.75, 3.05) is 6.54 Å². The highest BCUT2D eigenvalue weighted by Gasteiger charge is 2.41. The van der Waals surface area contributed by atoms with Gasteiger partial charge in [-0.25, -0.2) is 4.79 Å². The highest BCUT2D eigenvalue weighted by atomic mass is 16.6. The summed E-state index contributed by atoms with van der Waals surface area (Å²) < 4.78 is 5.21. The van der Waals surface area contributed by atoms with Crippen molar-refractivity contribution in [3.05, 3.63) is 35.9 Å². The van der Waals surface area contributed by atoms with Crippen LogP contribution < -0.4 is 0 Å². The number of hydrogen-bond donors (Lipinski definition) is 1. The molecule has 4 nitrogen and oxygen atoms in total. The Bertz CT molecular complexity index is 444. The maximum Gasteiger partial charge on any atom is 0.412 e. The number of carbonyl (C=O) groups is 1. The van der Waals surface area contributed by atoms with Crippen molar-refractivity contribution < 1.29 is 14.6 Å². The second-order valence-corrected chi connectivity index (χ2v) is 5.84. The first-order chi connectivity index (χ1) is 8.89. The number of benzene rings is 1. The smallest absolute Gasteiger partial charge is 0.412 e. The number of amides is 1. The molecular weight excluding hydrogens is 242 g/mol. The predicted molar refractivity (Wildman–Crippen MR) is 72.6 cm³/mol. The van der Waals surface area contributed by atoms with E-state index in [1.165, 1.54) is 4.90 Å². The van der Waals surface area contributed by atoms with Gasteiger partial charge in [-0.2, -0.15) is 0 Å². The van der Waals surface area contributed by atoms with Crippen molar-refractivity contribution in [3.63, 3.8) is 0 Å². The second kappa shape index (κ2) is 5.21. The largest absolute Gasteiger partial charge is 0.441 e. The van der Waals surface area contributed by atoms with Crippen LogP contribution >= 0.6 is 0 Å². The van der Waals surface area contributed by atoms with E-state index in [-0.39, 0.29) is 5.92 Å². The van der Waals surface area contributed by atoms with Gasteiger partial charge in [0.05, 0.1) is 6.54 Å². The molecule has 1 aromatic rings. The van der Waals surface area contributed by atoms with Gasteiger partial charge >= 0.3 is 6.09 Å². The third-order valence-corrected chi connectivity index (χ3v) is 3.38. The van der Waals surface area contributed by atoms with Crippen molar-refractivity contribution in [1.82, 2.24) is 4.90 Å². The van der Waals surface area contributed by atoms with Gasteiger partial charge in [-0.3, -0.25) is 4.90 Å². The molecule has 1 aromatic carbocycles. The fourth-order valence-electron chi connectivity index (χ4n) is 2.40. The van der Waals surface area contributed by atoms with Crippen LogP contribution in [-0.4, -0.2) is 34.5 Å². The van der Waals surface area contributed by atoms with Crippen LogP contribution in [0.4, 0.5) is 4.79 Å². The molecule has 1 amide bonds. The number of carbonyl (C=O) groups excluding carboxylic acids is 1. The number of aliphatic hydroxyl groups is 1. The molecule has 0 spiro atoms. The molecule has 2 atom stereocenters. The van der Waals surface area contributed by atoms with Crippen molar-refractivity contribution in [2.24, 2.45) is 5.92 Å². The molecule has 2 rings (SSSR count). The second-order valence-electron chi connectivity index (χ2n) is 5.84. The minimum absolute atomic E-state index is 0.0381. The average Bonchev–Trinajstić information content (AvgIpc) is 2.63. The van der Waals surface area contributed by atoms with E-state index < -0.39 is 17.9 Å². The molecule has 0 saturated carbocycles. The van der Waals surface area contributed by atoms with E-state index in [1.807, 2.05) is 51.1 Å². The number of aliphatic hydroxyl groups excluding tert-OH is 1. The van der Waals surface area contributed by atoms with Crippen molar-refractivity contribution in [1.29, 1.82) is 0 Å². The molecule has 0 aliphatic carbocycles. The van der Waals surface area contributed by atoms with Crippen LogP contribution in [0.15, 0.2) is 30.3 Å². The molecular formula is C15H21NO3. The first kappa shape index (κ1) is 13.9. The highest BCUT2D eigenvalue weighted by Crippen LogP contribution is 2.26. The third kappa shape index (κ3) is 3.26. The summed E-state index contributed by atoms with van der Waals surface area (Å²) in [6.45, 7) is 6.06. The van der Waals surface area contributed by atoms with Crippen LogP contribution in [0.1, 0.15) is 26.3 Å². The first-order valence-corrected chi connectivity index (χ1v) is 6.61. The zero-order valence-electron chi connectivity index (χ0n) is 11.7. The SMILES string of the molecule is CC(Cc1ccccc1)C(O)N1CC(C)(C)OC1=O. The zero-order valence-corrected chi connectivity index (χ0v) is 11.7. The Morgan fingerprint density at radius 1 is 1.37 bits per heavy atom. The maximum atomic E-state index is 11.7. The van der Waals surface area contributed by atoms with Gasteiger partial charge in [0, 0.05) is 5.92 Å². The Morgan fingerprint density at radius 2 is 2.00 bits per heavy atom. The number of ether oxygens (including phenoxy) is 1. The molecule has 0 radical (unpaired) electrons. The summed E-state index contributed by atoms with van der Waals surface area (Å²) >= 11 is 0. The van der Waals surface area contributed by atoms with Crippen molar-refractivity contribution in [3.8, 4) is 0 Å². The minimum atomic E-state index is -0.811. The maximum absolute atomic E-state index is 11.7. The lowest BCUT2D eigenvalue weighted by atomic mass is 9.98. The number of rotatable bonds is 4. The average molecular weight is 263 g/mol. The molecule has 0 bridgehead atoms. The molecule has 1 heterocycles. The molecule has 1 aliphatic rings. The van der Waals surface area contributed by atoms with Crippen LogP contribution in [0.25, 0.3) is 0 Å². The monoisotopic (exact) mass is 263 g/mol. The van der Waals surface area contributed by atoms with E-state index in [4.69, 9.17) is 4.74 Å². The Morgan fingerprint density at radius 3 is 2.53 bits per heavy atom. The summed E-state index contributed by atoms with van der Waals surface area (Å²) in [5.74, 6) is -0.0381. The van der Waals surface area contributed by atoms with E-state index in [2.05, 4.69) is 0 Å². The van der Waals surface area contributed by atoms with E-state index in [0.717, 1.165) is 12.0 Å². The van der Waals surface area contributed by atoms with E-state index in [9.17, 15) is 9.90 Å². The summed E-state index contributed by atoms with van der Waals surface area (Å²) in [4.78, 5) is 13.1. The predicted octanol–water partition coefficient (Wildman–Crippen LogP) is 2.41. The Hall–Kier alpha value is -1.55. The minimum Gasteiger partial charge on any atom is -0.441 e. The van der Waals surface area contributed by atoms with Gasteiger partial charge in [0.1, 0.15) is 11.8 Å². The fraction of sp³-hybridized carbons (Fsp3) is 0.533. The topological polar surface area (TPSA) is 49.8 Å². The normalized spacial score (nSPS) is 21.1. The molecule has 104 valence electrons. The van der Waals surface area contributed by atoms with Gasteiger partial charge in [-0.05, 0) is 25.8 Å². The molecule has 1 fully saturated rings. The summed E-state index contributed by atoms with van der Waals surface area (Å²) in [5.41, 5.74) is 0.630. The van der Waals surface area contributed by atoms with Gasteiger partial charge in [0.2, 0.25) is 0 Å². The summed E-state index contributed by atoms with van der Waals surface area (Å²) in [5, 5.41) is 10.3. The van der Waals surface area contributed by atoms with Gasteiger partial charge in [0.15, 0.2) is 0 Å². The van der Waals surface area contributed by atoms with Crippen LogP contribution in [0, 0.1) is 5.92 Å². The fourth-order valence-corrected chi connectivity index (χ4v) is 2.40.